The lowest BCUT2D eigenvalue weighted by molar-refractivity contribution is -0.145. The molecule has 0 spiro atoms. The molecule has 1 aliphatic rings. The highest BCUT2D eigenvalue weighted by Crippen LogP contribution is 2.24. The van der Waals surface area contributed by atoms with Crippen LogP contribution >= 0.6 is 24.0 Å². The van der Waals surface area contributed by atoms with E-state index in [-0.39, 0.29) is 48.4 Å². The van der Waals surface area contributed by atoms with Gasteiger partial charge < -0.3 is 20.1 Å². The molecule has 24 heavy (non-hydrogen) atoms. The van der Waals surface area contributed by atoms with Gasteiger partial charge in [0.2, 0.25) is 0 Å². The highest BCUT2D eigenvalue weighted by molar-refractivity contribution is 14.0. The lowest BCUT2D eigenvalue weighted by atomic mass is 9.99. The molecule has 0 bridgehead atoms. The fourth-order valence-electron chi connectivity index (χ4n) is 3.16. The van der Waals surface area contributed by atoms with Gasteiger partial charge in [0.1, 0.15) is 0 Å². The van der Waals surface area contributed by atoms with Gasteiger partial charge in [-0.15, -0.1) is 24.0 Å². The average molecular weight is 455 g/mol. The summed E-state index contributed by atoms with van der Waals surface area (Å²) in [7, 11) is 1.45. The Hall–Kier alpha value is -0.570. The molecule has 0 aromatic heterocycles. The predicted octanol–water partition coefficient (Wildman–Crippen LogP) is 2.11. The fraction of sp³-hybridized carbons (Fsp3) is 0.882. The Kier molecular flexibility index (Phi) is 12.4. The number of nitrogens with one attached hydrogen (secondary N) is 1. The molecule has 6 nitrogen and oxygen atoms in total. The summed E-state index contributed by atoms with van der Waals surface area (Å²) < 4.78 is 4.90. The Morgan fingerprint density at radius 3 is 2.62 bits per heavy atom. The second-order valence-corrected chi connectivity index (χ2v) is 6.37. The second-order valence-electron chi connectivity index (χ2n) is 6.37. The van der Waals surface area contributed by atoms with Gasteiger partial charge in [-0.05, 0) is 31.6 Å². The quantitative estimate of drug-likeness (QED) is 0.254. The molecule has 7 heteroatoms. The summed E-state index contributed by atoms with van der Waals surface area (Å²) >= 11 is 0. The first kappa shape index (κ1) is 23.4. The zero-order chi connectivity index (χ0) is 17.2. The topological polar surface area (TPSA) is 74.2 Å². The third-order valence-electron chi connectivity index (χ3n) is 4.48. The van der Waals surface area contributed by atoms with Crippen molar-refractivity contribution >= 4 is 35.9 Å². The minimum Gasteiger partial charge on any atom is -0.469 e. The first-order valence-corrected chi connectivity index (χ1v) is 8.79. The Morgan fingerprint density at radius 1 is 1.38 bits per heavy atom. The molecule has 1 heterocycles. The molecule has 0 aromatic carbocycles. The number of esters is 1. The van der Waals surface area contributed by atoms with E-state index in [4.69, 9.17) is 9.73 Å². The van der Waals surface area contributed by atoms with E-state index in [1.807, 2.05) is 6.92 Å². The van der Waals surface area contributed by atoms with E-state index in [0.29, 0.717) is 19.0 Å². The van der Waals surface area contributed by atoms with Crippen LogP contribution in [0.4, 0.5) is 0 Å². The Bertz CT molecular complexity index is 387. The molecule has 3 atom stereocenters. The van der Waals surface area contributed by atoms with Crippen molar-refractivity contribution in [2.24, 2.45) is 22.7 Å². The van der Waals surface area contributed by atoms with E-state index in [9.17, 15) is 9.90 Å². The summed E-state index contributed by atoms with van der Waals surface area (Å²) in [5.41, 5.74) is 0. The molecule has 0 aromatic rings. The Morgan fingerprint density at radius 2 is 2.08 bits per heavy atom. The van der Waals surface area contributed by atoms with Crippen LogP contribution in [0.2, 0.25) is 0 Å². The molecule has 1 rings (SSSR count). The lowest BCUT2D eigenvalue weighted by Gasteiger charge is -2.22. The number of hydrogen-bond donors (Lipinski definition) is 2. The molecule has 3 unspecified atom stereocenters. The number of ether oxygens (including phenoxy) is 1. The summed E-state index contributed by atoms with van der Waals surface area (Å²) in [6.07, 6.45) is 2.96. The number of aliphatic hydroxyl groups is 1. The van der Waals surface area contributed by atoms with Crippen molar-refractivity contribution in [3.8, 4) is 0 Å². The predicted molar refractivity (Wildman–Crippen MR) is 108 cm³/mol. The van der Waals surface area contributed by atoms with Crippen LogP contribution in [0.15, 0.2) is 4.99 Å². The van der Waals surface area contributed by atoms with Gasteiger partial charge >= 0.3 is 5.97 Å². The van der Waals surface area contributed by atoms with E-state index in [2.05, 4.69) is 24.1 Å². The maximum Gasteiger partial charge on any atom is 0.310 e. The van der Waals surface area contributed by atoms with Crippen molar-refractivity contribution < 1.29 is 14.6 Å². The van der Waals surface area contributed by atoms with Gasteiger partial charge in [0.25, 0.3) is 0 Å². The number of nitrogens with zero attached hydrogens (tertiary/aromatic N) is 2. The van der Waals surface area contributed by atoms with Gasteiger partial charge in [0, 0.05) is 32.8 Å². The van der Waals surface area contributed by atoms with Gasteiger partial charge in [-0.3, -0.25) is 9.79 Å². The third-order valence-corrected chi connectivity index (χ3v) is 4.48. The fourth-order valence-corrected chi connectivity index (χ4v) is 3.16. The van der Waals surface area contributed by atoms with E-state index in [1.54, 1.807) is 0 Å². The first-order chi connectivity index (χ1) is 11.1. The van der Waals surface area contributed by atoms with Crippen molar-refractivity contribution in [1.29, 1.82) is 0 Å². The van der Waals surface area contributed by atoms with E-state index in [0.717, 1.165) is 38.3 Å². The molecule has 1 saturated heterocycles. The molecule has 1 aliphatic heterocycles. The monoisotopic (exact) mass is 455 g/mol. The number of aliphatic imine (C=N–C) groups is 1. The summed E-state index contributed by atoms with van der Waals surface area (Å²) in [5, 5.41) is 12.5. The lowest BCUT2D eigenvalue weighted by Crippen LogP contribution is -2.41. The molecular weight excluding hydrogens is 421 g/mol. The number of aliphatic hydroxyl groups excluding tert-OH is 1. The van der Waals surface area contributed by atoms with Crippen molar-refractivity contribution in [3.05, 3.63) is 0 Å². The molecule has 1 fully saturated rings. The number of carbonyl (C=O) groups is 1. The molecule has 142 valence electrons. The van der Waals surface area contributed by atoms with Gasteiger partial charge in [-0.25, -0.2) is 0 Å². The molecule has 0 radical (unpaired) electrons. The SMILES string of the molecule is CCCC(CCO)CN=C(NCC)N1CC(C)C(C(=O)OC)C1.I. The van der Waals surface area contributed by atoms with Crippen molar-refractivity contribution in [1.82, 2.24) is 10.2 Å². The van der Waals surface area contributed by atoms with Crippen LogP contribution < -0.4 is 5.32 Å². The van der Waals surface area contributed by atoms with Gasteiger partial charge in [-0.2, -0.15) is 0 Å². The normalized spacial score (nSPS) is 22.0. The number of methoxy groups -OCH3 is 1. The zero-order valence-corrected chi connectivity index (χ0v) is 17.8. The number of carbonyl (C=O) groups excluding carboxylic acids is 1. The van der Waals surface area contributed by atoms with Crippen LogP contribution in [-0.2, 0) is 9.53 Å². The van der Waals surface area contributed by atoms with Crippen molar-refractivity contribution in [2.75, 3.05) is 39.9 Å². The molecular formula is C17H34IN3O3. The standard InChI is InChI=1S/C17H33N3O3.HI/c1-5-7-14(8-9-21)10-19-17(18-6-2)20-11-13(3)15(12-20)16(22)23-4;/h13-15,21H,5-12H2,1-4H3,(H,18,19);1H. The molecule has 0 saturated carbocycles. The summed E-state index contributed by atoms with van der Waals surface area (Å²) in [6.45, 7) is 9.46. The molecule has 0 aliphatic carbocycles. The average Bonchev–Trinajstić information content (AvgIpc) is 2.92. The largest absolute Gasteiger partial charge is 0.469 e. The highest BCUT2D eigenvalue weighted by Gasteiger charge is 2.36. The summed E-state index contributed by atoms with van der Waals surface area (Å²) in [5.74, 6) is 1.31. The number of guanidine groups is 1. The minimum atomic E-state index is -0.139. The Labute approximate surface area is 163 Å². The smallest absolute Gasteiger partial charge is 0.310 e. The van der Waals surface area contributed by atoms with Crippen LogP contribution in [0.1, 0.15) is 40.0 Å². The van der Waals surface area contributed by atoms with Crippen LogP contribution in [-0.4, -0.2) is 61.8 Å². The number of hydrogen-bond acceptors (Lipinski definition) is 4. The number of halogens is 1. The van der Waals surface area contributed by atoms with E-state index < -0.39 is 0 Å². The summed E-state index contributed by atoms with van der Waals surface area (Å²) in [6, 6.07) is 0. The highest BCUT2D eigenvalue weighted by atomic mass is 127. The molecule has 2 N–H and O–H groups in total. The molecule has 0 amide bonds. The summed E-state index contributed by atoms with van der Waals surface area (Å²) in [4.78, 5) is 18.8. The minimum absolute atomic E-state index is 0. The van der Waals surface area contributed by atoms with E-state index in [1.165, 1.54) is 7.11 Å². The number of rotatable bonds is 8. The zero-order valence-electron chi connectivity index (χ0n) is 15.5. The Balaban J connectivity index is 0.00000529. The van der Waals surface area contributed by atoms with Crippen molar-refractivity contribution in [3.63, 3.8) is 0 Å². The van der Waals surface area contributed by atoms with Crippen LogP contribution in [0.3, 0.4) is 0 Å². The van der Waals surface area contributed by atoms with Gasteiger partial charge in [-0.1, -0.05) is 20.3 Å². The van der Waals surface area contributed by atoms with Gasteiger partial charge in [0.05, 0.1) is 13.0 Å². The van der Waals surface area contributed by atoms with Crippen molar-refractivity contribution in [2.45, 2.75) is 40.0 Å². The van der Waals surface area contributed by atoms with Crippen LogP contribution in [0.5, 0.6) is 0 Å². The maximum absolute atomic E-state index is 11.9. The third kappa shape index (κ3) is 7.13. The number of likely N-dealkylation sites (tertiary alicyclic amines) is 1. The second kappa shape index (κ2) is 12.7. The van der Waals surface area contributed by atoms with Crippen LogP contribution in [0.25, 0.3) is 0 Å². The van der Waals surface area contributed by atoms with E-state index >= 15 is 0 Å². The van der Waals surface area contributed by atoms with Crippen LogP contribution in [0, 0.1) is 17.8 Å². The first-order valence-electron chi connectivity index (χ1n) is 8.79. The van der Waals surface area contributed by atoms with Gasteiger partial charge in [0.15, 0.2) is 5.96 Å². The maximum atomic E-state index is 11.9.